The lowest BCUT2D eigenvalue weighted by Crippen LogP contribution is -2.18. The molecule has 0 radical (unpaired) electrons. The number of aromatic nitrogens is 1. The summed E-state index contributed by atoms with van der Waals surface area (Å²) in [6.07, 6.45) is 1.72. The standard InChI is InChI=1S/C21H16BrClFNO2/c1-27-20-9-2-13(12-25-20)10-19(26)21(14-3-5-15(22)6-4-14)17-8-7-16(23)11-18(17)24/h2-9,11-12,21H,10H2,1H3. The van der Waals surface area contributed by atoms with Gasteiger partial charge in [-0.3, -0.25) is 4.79 Å². The van der Waals surface area contributed by atoms with Crippen molar-refractivity contribution in [2.75, 3.05) is 7.11 Å². The number of carbonyl (C=O) groups is 1. The maximum absolute atomic E-state index is 14.6. The molecule has 138 valence electrons. The van der Waals surface area contributed by atoms with Crippen LogP contribution in [0.15, 0.2) is 65.3 Å². The number of carbonyl (C=O) groups excluding carboxylic acids is 1. The lowest BCUT2D eigenvalue weighted by Gasteiger charge is -2.18. The van der Waals surface area contributed by atoms with Crippen molar-refractivity contribution in [2.24, 2.45) is 0 Å². The van der Waals surface area contributed by atoms with E-state index in [2.05, 4.69) is 20.9 Å². The summed E-state index contributed by atoms with van der Waals surface area (Å²) >= 11 is 9.26. The number of ketones is 1. The molecule has 1 atom stereocenters. The molecule has 3 aromatic rings. The Morgan fingerprint density at radius 3 is 2.52 bits per heavy atom. The summed E-state index contributed by atoms with van der Waals surface area (Å²) < 4.78 is 20.5. The maximum Gasteiger partial charge on any atom is 0.212 e. The monoisotopic (exact) mass is 447 g/mol. The molecule has 0 saturated carbocycles. The van der Waals surface area contributed by atoms with E-state index < -0.39 is 11.7 Å². The van der Waals surface area contributed by atoms with E-state index in [4.69, 9.17) is 16.3 Å². The van der Waals surface area contributed by atoms with Gasteiger partial charge in [0.25, 0.3) is 0 Å². The zero-order valence-corrected chi connectivity index (χ0v) is 16.8. The molecule has 0 N–H and O–H groups in total. The van der Waals surface area contributed by atoms with E-state index in [9.17, 15) is 9.18 Å². The number of benzene rings is 2. The van der Waals surface area contributed by atoms with Gasteiger partial charge in [-0.05, 0) is 35.4 Å². The number of rotatable bonds is 6. The van der Waals surface area contributed by atoms with Crippen LogP contribution in [0.3, 0.4) is 0 Å². The van der Waals surface area contributed by atoms with Crippen molar-refractivity contribution in [1.29, 1.82) is 0 Å². The smallest absolute Gasteiger partial charge is 0.212 e. The van der Waals surface area contributed by atoms with Gasteiger partial charge in [0.2, 0.25) is 5.88 Å². The Kier molecular flexibility index (Phi) is 6.24. The second-order valence-corrected chi connectivity index (χ2v) is 7.35. The first-order chi connectivity index (χ1) is 13.0. The Labute approximate surface area is 170 Å². The van der Waals surface area contributed by atoms with Gasteiger partial charge < -0.3 is 4.74 Å². The summed E-state index contributed by atoms with van der Waals surface area (Å²) in [5.74, 6) is -0.904. The van der Waals surface area contributed by atoms with Crippen LogP contribution in [-0.2, 0) is 11.2 Å². The minimum absolute atomic E-state index is 0.125. The third-order valence-corrected chi connectivity index (χ3v) is 4.95. The number of hydrogen-bond acceptors (Lipinski definition) is 3. The van der Waals surface area contributed by atoms with Crippen LogP contribution in [0.1, 0.15) is 22.6 Å². The molecule has 3 rings (SSSR count). The molecule has 0 amide bonds. The van der Waals surface area contributed by atoms with Gasteiger partial charge in [-0.2, -0.15) is 0 Å². The average Bonchev–Trinajstić information content (AvgIpc) is 2.66. The molecular weight excluding hydrogens is 433 g/mol. The molecule has 27 heavy (non-hydrogen) atoms. The molecule has 2 aromatic carbocycles. The number of hydrogen-bond donors (Lipinski definition) is 0. The number of pyridine rings is 1. The van der Waals surface area contributed by atoms with Gasteiger partial charge in [0.15, 0.2) is 0 Å². The lowest BCUT2D eigenvalue weighted by molar-refractivity contribution is -0.119. The molecule has 0 saturated heterocycles. The summed E-state index contributed by atoms with van der Waals surface area (Å²) in [6, 6.07) is 15.1. The van der Waals surface area contributed by atoms with Crippen molar-refractivity contribution in [2.45, 2.75) is 12.3 Å². The predicted molar refractivity (Wildman–Crippen MR) is 107 cm³/mol. The fourth-order valence-corrected chi connectivity index (χ4v) is 3.29. The lowest BCUT2D eigenvalue weighted by atomic mass is 9.85. The molecule has 0 aliphatic rings. The highest BCUT2D eigenvalue weighted by molar-refractivity contribution is 9.10. The van der Waals surface area contributed by atoms with E-state index in [0.29, 0.717) is 17.0 Å². The van der Waals surface area contributed by atoms with Crippen molar-refractivity contribution in [3.8, 4) is 5.88 Å². The zero-order chi connectivity index (χ0) is 19.4. The molecule has 0 spiro atoms. The van der Waals surface area contributed by atoms with Gasteiger partial charge in [0, 0.05) is 33.7 Å². The molecular formula is C21H16BrClFNO2. The van der Waals surface area contributed by atoms with Gasteiger partial charge >= 0.3 is 0 Å². The van der Waals surface area contributed by atoms with Crippen LogP contribution < -0.4 is 4.74 Å². The zero-order valence-electron chi connectivity index (χ0n) is 14.5. The molecule has 1 unspecified atom stereocenters. The highest BCUT2D eigenvalue weighted by Crippen LogP contribution is 2.31. The SMILES string of the molecule is COc1ccc(CC(=O)C(c2ccc(Br)cc2)c2ccc(Cl)cc2F)cn1. The van der Waals surface area contributed by atoms with Crippen LogP contribution in [0.4, 0.5) is 4.39 Å². The number of methoxy groups -OCH3 is 1. The molecule has 1 aromatic heterocycles. The third kappa shape index (κ3) is 4.73. The maximum atomic E-state index is 14.6. The Morgan fingerprint density at radius 1 is 1.19 bits per heavy atom. The minimum atomic E-state index is -0.738. The Bertz CT molecular complexity index is 945. The van der Waals surface area contributed by atoms with E-state index in [1.54, 1.807) is 30.5 Å². The summed E-state index contributed by atoms with van der Waals surface area (Å²) in [7, 11) is 1.53. The fourth-order valence-electron chi connectivity index (χ4n) is 2.87. The molecule has 6 heteroatoms. The Morgan fingerprint density at radius 2 is 1.93 bits per heavy atom. The van der Waals surface area contributed by atoms with Crippen molar-refractivity contribution in [3.05, 3.63) is 92.8 Å². The molecule has 0 aliphatic carbocycles. The first kappa shape index (κ1) is 19.5. The minimum Gasteiger partial charge on any atom is -0.481 e. The van der Waals surface area contributed by atoms with Gasteiger partial charge in [-0.25, -0.2) is 9.37 Å². The number of halogens is 3. The Hall–Kier alpha value is -2.24. The van der Waals surface area contributed by atoms with Crippen molar-refractivity contribution >= 4 is 33.3 Å². The van der Waals surface area contributed by atoms with Gasteiger partial charge in [-0.15, -0.1) is 0 Å². The Balaban J connectivity index is 1.97. The van der Waals surface area contributed by atoms with Crippen LogP contribution >= 0.6 is 27.5 Å². The normalized spacial score (nSPS) is 11.9. The van der Waals surface area contributed by atoms with Gasteiger partial charge in [0.05, 0.1) is 13.0 Å². The van der Waals surface area contributed by atoms with Crippen LogP contribution in [-0.4, -0.2) is 17.9 Å². The quantitative estimate of drug-likeness (QED) is 0.493. The highest BCUT2D eigenvalue weighted by Gasteiger charge is 2.26. The van der Waals surface area contributed by atoms with Crippen LogP contribution in [0, 0.1) is 5.82 Å². The molecule has 0 bridgehead atoms. The van der Waals surface area contributed by atoms with E-state index in [1.807, 2.05) is 24.3 Å². The highest BCUT2D eigenvalue weighted by atomic mass is 79.9. The van der Waals surface area contributed by atoms with E-state index >= 15 is 0 Å². The van der Waals surface area contributed by atoms with Crippen LogP contribution in [0.25, 0.3) is 0 Å². The first-order valence-electron chi connectivity index (χ1n) is 8.20. The number of ether oxygens (including phenoxy) is 1. The molecule has 0 aliphatic heterocycles. The van der Waals surface area contributed by atoms with Crippen molar-refractivity contribution < 1.29 is 13.9 Å². The second-order valence-electron chi connectivity index (χ2n) is 6.00. The van der Waals surface area contributed by atoms with Crippen LogP contribution in [0.2, 0.25) is 5.02 Å². The first-order valence-corrected chi connectivity index (χ1v) is 9.37. The largest absolute Gasteiger partial charge is 0.481 e. The average molecular weight is 449 g/mol. The van der Waals surface area contributed by atoms with Gasteiger partial charge in [-0.1, -0.05) is 51.8 Å². The molecule has 1 heterocycles. The van der Waals surface area contributed by atoms with E-state index in [1.165, 1.54) is 13.2 Å². The van der Waals surface area contributed by atoms with Crippen LogP contribution in [0.5, 0.6) is 5.88 Å². The number of nitrogens with zero attached hydrogens (tertiary/aromatic N) is 1. The second kappa shape index (κ2) is 8.63. The van der Waals surface area contributed by atoms with E-state index in [-0.39, 0.29) is 17.2 Å². The fraction of sp³-hybridized carbons (Fsp3) is 0.143. The molecule has 3 nitrogen and oxygen atoms in total. The van der Waals surface area contributed by atoms with Crippen molar-refractivity contribution in [3.63, 3.8) is 0 Å². The van der Waals surface area contributed by atoms with Crippen molar-refractivity contribution in [1.82, 2.24) is 4.98 Å². The van der Waals surface area contributed by atoms with E-state index in [0.717, 1.165) is 10.0 Å². The van der Waals surface area contributed by atoms with Gasteiger partial charge in [0.1, 0.15) is 11.6 Å². The third-order valence-electron chi connectivity index (χ3n) is 4.18. The predicted octanol–water partition coefficient (Wildman–Crippen LogP) is 5.59. The summed E-state index contributed by atoms with van der Waals surface area (Å²) in [6.45, 7) is 0. The topological polar surface area (TPSA) is 39.2 Å². The number of Topliss-reactive ketones (excluding diaryl/α,β-unsaturated/α-hetero) is 1. The molecule has 0 fully saturated rings. The summed E-state index contributed by atoms with van der Waals surface area (Å²) in [5, 5.41) is 0.289. The summed E-state index contributed by atoms with van der Waals surface area (Å²) in [5.41, 5.74) is 1.75. The summed E-state index contributed by atoms with van der Waals surface area (Å²) in [4.78, 5) is 17.2.